The molecule has 1 saturated heterocycles. The van der Waals surface area contributed by atoms with Crippen LogP contribution >= 0.6 is 0 Å². The Bertz CT molecular complexity index is 356. The maximum absolute atomic E-state index is 10.6. The lowest BCUT2D eigenvalue weighted by molar-refractivity contribution is -0.0334. The van der Waals surface area contributed by atoms with E-state index in [4.69, 9.17) is 0 Å². The van der Waals surface area contributed by atoms with Gasteiger partial charge >= 0.3 is 0 Å². The summed E-state index contributed by atoms with van der Waals surface area (Å²) in [5.74, 6) is 0. The largest absolute Gasteiger partial charge is 0.390 e. The van der Waals surface area contributed by atoms with Crippen LogP contribution in [-0.2, 0) is 6.42 Å². The van der Waals surface area contributed by atoms with Gasteiger partial charge < -0.3 is 10.0 Å². The molecule has 0 aromatic carbocycles. The highest BCUT2D eigenvalue weighted by molar-refractivity contribution is 5.09. The summed E-state index contributed by atoms with van der Waals surface area (Å²) < 4.78 is 0. The Morgan fingerprint density at radius 1 is 1.39 bits per heavy atom. The summed E-state index contributed by atoms with van der Waals surface area (Å²) in [4.78, 5) is 6.56. The van der Waals surface area contributed by atoms with Gasteiger partial charge in [0.15, 0.2) is 0 Å². The zero-order chi connectivity index (χ0) is 13.0. The normalized spacial score (nSPS) is 20.2. The Morgan fingerprint density at radius 3 is 2.67 bits per heavy atom. The number of pyridine rings is 1. The quantitative estimate of drug-likeness (QED) is 0.888. The second-order valence-corrected chi connectivity index (χ2v) is 5.72. The summed E-state index contributed by atoms with van der Waals surface area (Å²) in [6.07, 6.45) is 7.25. The van der Waals surface area contributed by atoms with Gasteiger partial charge in [0.2, 0.25) is 0 Å². The zero-order valence-electron chi connectivity index (χ0n) is 11.5. The third-order valence-electron chi connectivity index (χ3n) is 4.06. The standard InChI is InChI=1S/C15H24N2O/c1-13(2)17-10-7-15(18,8-11-17)6-5-14-4-3-9-16-12-14/h3-4,9,12-13,18H,5-8,10-11H2,1-2H3. The van der Waals surface area contributed by atoms with Gasteiger partial charge in [-0.25, -0.2) is 0 Å². The molecular weight excluding hydrogens is 224 g/mol. The van der Waals surface area contributed by atoms with E-state index < -0.39 is 5.60 Å². The van der Waals surface area contributed by atoms with Crippen LogP contribution in [0.4, 0.5) is 0 Å². The summed E-state index contributed by atoms with van der Waals surface area (Å²) >= 11 is 0. The fourth-order valence-electron chi connectivity index (χ4n) is 2.63. The summed E-state index contributed by atoms with van der Waals surface area (Å²) in [7, 11) is 0. The SMILES string of the molecule is CC(C)N1CCC(O)(CCc2cccnc2)CC1. The van der Waals surface area contributed by atoms with Crippen molar-refractivity contribution in [1.82, 2.24) is 9.88 Å². The first-order valence-electron chi connectivity index (χ1n) is 6.94. The molecule has 0 unspecified atom stereocenters. The topological polar surface area (TPSA) is 36.4 Å². The Labute approximate surface area is 110 Å². The molecule has 3 heteroatoms. The Hall–Kier alpha value is -0.930. The fourth-order valence-corrected chi connectivity index (χ4v) is 2.63. The minimum atomic E-state index is -0.471. The summed E-state index contributed by atoms with van der Waals surface area (Å²) in [5, 5.41) is 10.6. The van der Waals surface area contributed by atoms with Crippen LogP contribution in [0.15, 0.2) is 24.5 Å². The minimum absolute atomic E-state index is 0.471. The monoisotopic (exact) mass is 248 g/mol. The number of likely N-dealkylation sites (tertiary alicyclic amines) is 1. The van der Waals surface area contributed by atoms with Crippen molar-refractivity contribution >= 4 is 0 Å². The van der Waals surface area contributed by atoms with E-state index in [0.717, 1.165) is 38.8 Å². The van der Waals surface area contributed by atoms with Crippen LogP contribution in [0.25, 0.3) is 0 Å². The molecule has 2 heterocycles. The van der Waals surface area contributed by atoms with Gasteiger partial charge in [0.25, 0.3) is 0 Å². The van der Waals surface area contributed by atoms with Crippen molar-refractivity contribution in [2.45, 2.75) is 51.2 Å². The van der Waals surface area contributed by atoms with E-state index >= 15 is 0 Å². The van der Waals surface area contributed by atoms with Crippen molar-refractivity contribution in [3.8, 4) is 0 Å². The van der Waals surface area contributed by atoms with E-state index in [2.05, 4.69) is 29.8 Å². The number of aryl methyl sites for hydroxylation is 1. The minimum Gasteiger partial charge on any atom is -0.390 e. The van der Waals surface area contributed by atoms with E-state index in [1.807, 2.05) is 12.3 Å². The van der Waals surface area contributed by atoms with Crippen LogP contribution in [0.3, 0.4) is 0 Å². The second-order valence-electron chi connectivity index (χ2n) is 5.72. The molecule has 100 valence electrons. The Balaban J connectivity index is 1.83. The highest BCUT2D eigenvalue weighted by Gasteiger charge is 2.32. The van der Waals surface area contributed by atoms with Crippen LogP contribution in [0.5, 0.6) is 0 Å². The molecule has 1 aliphatic heterocycles. The molecule has 1 N–H and O–H groups in total. The summed E-state index contributed by atoms with van der Waals surface area (Å²) in [6.45, 7) is 6.47. The number of piperidine rings is 1. The van der Waals surface area contributed by atoms with Crippen molar-refractivity contribution in [2.24, 2.45) is 0 Å². The maximum atomic E-state index is 10.6. The molecule has 1 fully saturated rings. The van der Waals surface area contributed by atoms with Gasteiger partial charge in [-0.3, -0.25) is 4.98 Å². The lowest BCUT2D eigenvalue weighted by atomic mass is 9.85. The van der Waals surface area contributed by atoms with Crippen LogP contribution in [0, 0.1) is 0 Å². The number of rotatable bonds is 4. The van der Waals surface area contributed by atoms with Crippen molar-refractivity contribution in [2.75, 3.05) is 13.1 Å². The van der Waals surface area contributed by atoms with Crippen molar-refractivity contribution in [3.63, 3.8) is 0 Å². The Kier molecular flexibility index (Phi) is 4.36. The lowest BCUT2D eigenvalue weighted by Crippen LogP contribution is -2.46. The number of aromatic nitrogens is 1. The first kappa shape index (κ1) is 13.5. The van der Waals surface area contributed by atoms with Gasteiger partial charge in [-0.15, -0.1) is 0 Å². The Morgan fingerprint density at radius 2 is 2.11 bits per heavy atom. The molecule has 0 amide bonds. The first-order chi connectivity index (χ1) is 8.59. The third kappa shape index (κ3) is 3.53. The van der Waals surface area contributed by atoms with Gasteiger partial charge in [-0.2, -0.15) is 0 Å². The van der Waals surface area contributed by atoms with Crippen molar-refractivity contribution in [1.29, 1.82) is 0 Å². The van der Waals surface area contributed by atoms with Crippen LogP contribution in [-0.4, -0.2) is 39.7 Å². The van der Waals surface area contributed by atoms with Crippen LogP contribution in [0.2, 0.25) is 0 Å². The molecule has 18 heavy (non-hydrogen) atoms. The first-order valence-corrected chi connectivity index (χ1v) is 6.94. The van der Waals surface area contributed by atoms with E-state index in [-0.39, 0.29) is 0 Å². The van der Waals surface area contributed by atoms with Gasteiger partial charge in [0.05, 0.1) is 5.60 Å². The molecule has 0 bridgehead atoms. The molecule has 0 spiro atoms. The number of hydrogen-bond donors (Lipinski definition) is 1. The van der Waals surface area contributed by atoms with Crippen LogP contribution < -0.4 is 0 Å². The molecule has 0 radical (unpaired) electrons. The van der Waals surface area contributed by atoms with Gasteiger partial charge in [-0.1, -0.05) is 6.07 Å². The second kappa shape index (κ2) is 5.81. The molecule has 2 rings (SSSR count). The molecule has 0 aliphatic carbocycles. The molecule has 1 aliphatic rings. The average Bonchev–Trinajstić information content (AvgIpc) is 2.38. The van der Waals surface area contributed by atoms with Gasteiger partial charge in [0, 0.05) is 31.5 Å². The highest BCUT2D eigenvalue weighted by atomic mass is 16.3. The molecular formula is C15H24N2O. The molecule has 3 nitrogen and oxygen atoms in total. The molecule has 1 aromatic rings. The number of hydrogen-bond acceptors (Lipinski definition) is 3. The highest BCUT2D eigenvalue weighted by Crippen LogP contribution is 2.27. The van der Waals surface area contributed by atoms with E-state index in [0.29, 0.717) is 6.04 Å². The molecule has 0 atom stereocenters. The van der Waals surface area contributed by atoms with Crippen molar-refractivity contribution < 1.29 is 5.11 Å². The predicted octanol–water partition coefficient (Wildman–Crippen LogP) is 2.25. The van der Waals surface area contributed by atoms with Crippen LogP contribution in [0.1, 0.15) is 38.7 Å². The van der Waals surface area contributed by atoms with E-state index in [1.54, 1.807) is 6.20 Å². The summed E-state index contributed by atoms with van der Waals surface area (Å²) in [6, 6.07) is 4.63. The van der Waals surface area contributed by atoms with Crippen molar-refractivity contribution in [3.05, 3.63) is 30.1 Å². The van der Waals surface area contributed by atoms with E-state index in [1.165, 1.54) is 5.56 Å². The fraction of sp³-hybridized carbons (Fsp3) is 0.667. The number of aliphatic hydroxyl groups is 1. The average molecular weight is 248 g/mol. The third-order valence-corrected chi connectivity index (χ3v) is 4.06. The predicted molar refractivity (Wildman–Crippen MR) is 73.5 cm³/mol. The lowest BCUT2D eigenvalue weighted by Gasteiger charge is -2.40. The van der Waals surface area contributed by atoms with Gasteiger partial charge in [-0.05, 0) is 51.2 Å². The smallest absolute Gasteiger partial charge is 0.0675 e. The van der Waals surface area contributed by atoms with E-state index in [9.17, 15) is 5.11 Å². The molecule has 0 saturated carbocycles. The molecule has 1 aromatic heterocycles. The maximum Gasteiger partial charge on any atom is 0.0675 e. The van der Waals surface area contributed by atoms with Gasteiger partial charge in [0.1, 0.15) is 0 Å². The summed E-state index contributed by atoms with van der Waals surface area (Å²) in [5.41, 5.74) is 0.749. The number of nitrogens with zero attached hydrogens (tertiary/aromatic N) is 2. The zero-order valence-corrected chi connectivity index (χ0v) is 11.5.